The maximum Gasteiger partial charge on any atom is 0.318 e. The molecular weight excluding hydrogens is 248 g/mol. The third-order valence-electron chi connectivity index (χ3n) is 3.71. The lowest BCUT2D eigenvalue weighted by Crippen LogP contribution is -2.59. The minimum atomic E-state index is -0.868. The van der Waals surface area contributed by atoms with Crippen molar-refractivity contribution in [2.45, 2.75) is 51.1 Å². The minimum absolute atomic E-state index is 0.00501. The second kappa shape index (κ2) is 6.75. The van der Waals surface area contributed by atoms with Gasteiger partial charge in [-0.15, -0.1) is 0 Å². The lowest BCUT2D eigenvalue weighted by molar-refractivity contribution is -0.139. The summed E-state index contributed by atoms with van der Waals surface area (Å²) >= 11 is 0. The van der Waals surface area contributed by atoms with E-state index in [9.17, 15) is 9.59 Å². The zero-order valence-electron chi connectivity index (χ0n) is 11.9. The summed E-state index contributed by atoms with van der Waals surface area (Å²) < 4.78 is 5.06. The molecule has 0 radical (unpaired) electrons. The highest BCUT2D eigenvalue weighted by Gasteiger charge is 2.41. The van der Waals surface area contributed by atoms with E-state index in [1.807, 2.05) is 13.8 Å². The first-order valence-corrected chi connectivity index (χ1v) is 6.73. The maximum atomic E-state index is 12.2. The van der Waals surface area contributed by atoms with Crippen LogP contribution in [0.2, 0.25) is 0 Å². The van der Waals surface area contributed by atoms with Crippen molar-refractivity contribution in [3.05, 3.63) is 0 Å². The van der Waals surface area contributed by atoms with Crippen LogP contribution < -0.4 is 5.32 Å². The Morgan fingerprint density at radius 1 is 1.47 bits per heavy atom. The van der Waals surface area contributed by atoms with Crippen molar-refractivity contribution in [1.82, 2.24) is 10.2 Å². The quantitative estimate of drug-likeness (QED) is 0.735. The summed E-state index contributed by atoms with van der Waals surface area (Å²) in [7, 11) is 1.60. The first kappa shape index (κ1) is 15.8. The van der Waals surface area contributed by atoms with Gasteiger partial charge in [0.1, 0.15) is 0 Å². The number of carbonyl (C=O) groups excluding carboxylic acids is 1. The molecule has 2 N–H and O–H groups in total. The first-order chi connectivity index (χ1) is 8.94. The van der Waals surface area contributed by atoms with E-state index in [4.69, 9.17) is 9.84 Å². The molecule has 0 aromatic heterocycles. The number of hydrogen-bond acceptors (Lipinski definition) is 3. The van der Waals surface area contributed by atoms with Crippen LogP contribution in [0, 0.1) is 0 Å². The SMILES string of the molecule is CCN(C(=O)NC1(CC(=O)O)CCC1)C(C)COC. The zero-order chi connectivity index (χ0) is 14.5. The Hall–Kier alpha value is -1.30. The number of amides is 2. The molecule has 1 fully saturated rings. The van der Waals surface area contributed by atoms with Crippen molar-refractivity contribution in [3.63, 3.8) is 0 Å². The number of likely N-dealkylation sites (N-methyl/N-ethyl adjacent to an activating group) is 1. The largest absolute Gasteiger partial charge is 0.481 e. The highest BCUT2D eigenvalue weighted by Crippen LogP contribution is 2.35. The van der Waals surface area contributed by atoms with Gasteiger partial charge in [0, 0.05) is 13.7 Å². The summed E-state index contributed by atoms with van der Waals surface area (Å²) in [4.78, 5) is 24.8. The van der Waals surface area contributed by atoms with Gasteiger partial charge in [-0.2, -0.15) is 0 Å². The number of hydrogen-bond donors (Lipinski definition) is 2. The van der Waals surface area contributed by atoms with E-state index in [1.165, 1.54) is 0 Å². The maximum absolute atomic E-state index is 12.2. The fraction of sp³-hybridized carbons (Fsp3) is 0.846. The fourth-order valence-corrected chi connectivity index (χ4v) is 2.52. The number of carbonyl (C=O) groups is 2. The number of carboxylic acid groups (broad SMARTS) is 1. The molecule has 0 aromatic carbocycles. The van der Waals surface area contributed by atoms with Crippen LogP contribution in [0.25, 0.3) is 0 Å². The molecule has 19 heavy (non-hydrogen) atoms. The average molecular weight is 272 g/mol. The normalized spacial score (nSPS) is 18.3. The molecule has 0 aliphatic heterocycles. The molecule has 1 aliphatic rings. The Kier molecular flexibility index (Phi) is 5.60. The van der Waals surface area contributed by atoms with Crippen LogP contribution >= 0.6 is 0 Å². The second-order valence-corrected chi connectivity index (χ2v) is 5.22. The fourth-order valence-electron chi connectivity index (χ4n) is 2.52. The van der Waals surface area contributed by atoms with Gasteiger partial charge in [-0.05, 0) is 33.1 Å². The summed E-state index contributed by atoms with van der Waals surface area (Å²) in [6.07, 6.45) is 2.44. The minimum Gasteiger partial charge on any atom is -0.481 e. The molecule has 0 spiro atoms. The van der Waals surface area contributed by atoms with Crippen LogP contribution in [0.3, 0.4) is 0 Å². The molecule has 1 saturated carbocycles. The molecule has 1 atom stereocenters. The number of methoxy groups -OCH3 is 1. The van der Waals surface area contributed by atoms with E-state index in [1.54, 1.807) is 12.0 Å². The summed E-state index contributed by atoms with van der Waals surface area (Å²) in [6, 6.07) is -0.232. The lowest BCUT2D eigenvalue weighted by Gasteiger charge is -2.43. The van der Waals surface area contributed by atoms with E-state index < -0.39 is 11.5 Å². The van der Waals surface area contributed by atoms with Crippen LogP contribution in [0.1, 0.15) is 39.5 Å². The Labute approximate surface area is 114 Å². The topological polar surface area (TPSA) is 78.9 Å². The van der Waals surface area contributed by atoms with E-state index in [0.29, 0.717) is 13.2 Å². The molecule has 6 heteroatoms. The highest BCUT2D eigenvalue weighted by atomic mass is 16.5. The standard InChI is InChI=1S/C13H24N2O4/c1-4-15(10(2)9-19-3)12(18)14-13(6-5-7-13)8-11(16)17/h10H,4-9H2,1-3H3,(H,14,18)(H,16,17). The number of nitrogens with one attached hydrogen (secondary N) is 1. The van der Waals surface area contributed by atoms with Crippen LogP contribution in [-0.2, 0) is 9.53 Å². The number of ether oxygens (including phenoxy) is 1. The predicted molar refractivity (Wildman–Crippen MR) is 71.1 cm³/mol. The van der Waals surface area contributed by atoms with Gasteiger partial charge in [0.25, 0.3) is 0 Å². The average Bonchev–Trinajstić information content (AvgIpc) is 2.26. The molecule has 6 nitrogen and oxygen atoms in total. The monoisotopic (exact) mass is 272 g/mol. The van der Waals surface area contributed by atoms with Gasteiger partial charge in [-0.3, -0.25) is 4.79 Å². The van der Waals surface area contributed by atoms with Crippen molar-refractivity contribution in [2.24, 2.45) is 0 Å². The predicted octanol–water partition coefficient (Wildman–Crippen LogP) is 1.45. The Bertz CT molecular complexity index is 329. The van der Waals surface area contributed by atoms with Crippen LogP contribution in [0.5, 0.6) is 0 Å². The molecule has 0 saturated heterocycles. The number of urea groups is 1. The van der Waals surface area contributed by atoms with Gasteiger partial charge < -0.3 is 20.1 Å². The van der Waals surface area contributed by atoms with E-state index >= 15 is 0 Å². The number of carboxylic acids is 1. The molecule has 2 amide bonds. The Balaban J connectivity index is 2.62. The van der Waals surface area contributed by atoms with Gasteiger partial charge in [0.2, 0.25) is 0 Å². The van der Waals surface area contributed by atoms with Gasteiger partial charge in [-0.1, -0.05) is 0 Å². The van der Waals surface area contributed by atoms with Gasteiger partial charge in [0.05, 0.1) is 24.6 Å². The molecule has 1 rings (SSSR count). The van der Waals surface area contributed by atoms with E-state index in [0.717, 1.165) is 19.3 Å². The number of rotatable bonds is 7. The van der Waals surface area contributed by atoms with E-state index in [2.05, 4.69) is 5.32 Å². The number of nitrogens with zero attached hydrogens (tertiary/aromatic N) is 1. The van der Waals surface area contributed by atoms with Crippen LogP contribution in [0.4, 0.5) is 4.79 Å². The van der Waals surface area contributed by atoms with Crippen LogP contribution in [-0.4, -0.2) is 53.8 Å². The third-order valence-corrected chi connectivity index (χ3v) is 3.71. The molecule has 0 aromatic rings. The highest BCUT2D eigenvalue weighted by molar-refractivity contribution is 5.77. The van der Waals surface area contributed by atoms with Gasteiger partial charge in [-0.25, -0.2) is 4.79 Å². The van der Waals surface area contributed by atoms with E-state index in [-0.39, 0.29) is 18.5 Å². The van der Waals surface area contributed by atoms with Crippen molar-refractivity contribution in [2.75, 3.05) is 20.3 Å². The first-order valence-electron chi connectivity index (χ1n) is 6.73. The molecular formula is C13H24N2O4. The molecule has 1 unspecified atom stereocenters. The van der Waals surface area contributed by atoms with Gasteiger partial charge >= 0.3 is 12.0 Å². The summed E-state index contributed by atoms with van der Waals surface area (Å²) in [5, 5.41) is 11.8. The smallest absolute Gasteiger partial charge is 0.318 e. The lowest BCUT2D eigenvalue weighted by atomic mass is 9.74. The van der Waals surface area contributed by atoms with Crippen molar-refractivity contribution in [1.29, 1.82) is 0 Å². The molecule has 1 aliphatic carbocycles. The Morgan fingerprint density at radius 3 is 2.47 bits per heavy atom. The molecule has 0 bridgehead atoms. The van der Waals surface area contributed by atoms with Crippen molar-refractivity contribution in [3.8, 4) is 0 Å². The zero-order valence-corrected chi connectivity index (χ0v) is 11.9. The summed E-state index contributed by atoms with van der Waals surface area (Å²) in [6.45, 7) is 4.85. The van der Waals surface area contributed by atoms with Crippen LogP contribution in [0.15, 0.2) is 0 Å². The molecule has 0 heterocycles. The van der Waals surface area contributed by atoms with Crippen molar-refractivity contribution >= 4 is 12.0 Å². The summed E-state index contributed by atoms with van der Waals surface area (Å²) in [5.74, 6) is -0.868. The Morgan fingerprint density at radius 2 is 2.11 bits per heavy atom. The molecule has 110 valence electrons. The number of aliphatic carboxylic acids is 1. The van der Waals surface area contributed by atoms with Gasteiger partial charge in [0.15, 0.2) is 0 Å². The second-order valence-electron chi connectivity index (χ2n) is 5.22. The summed E-state index contributed by atoms with van der Waals surface area (Å²) in [5.41, 5.74) is -0.552. The van der Waals surface area contributed by atoms with Crippen molar-refractivity contribution < 1.29 is 19.4 Å². The third kappa shape index (κ3) is 4.09.